The van der Waals surface area contributed by atoms with Crippen molar-refractivity contribution in [2.45, 2.75) is 6.29 Å². The van der Waals surface area contributed by atoms with Crippen LogP contribution in [0.15, 0.2) is 66.7 Å². The Labute approximate surface area is 124 Å². The molecular formula is C19H18O2. The largest absolute Gasteiger partial charge is 0.352 e. The maximum Gasteiger partial charge on any atom is 0.183 e. The third kappa shape index (κ3) is 2.56. The Balaban J connectivity index is 2.24. The quantitative estimate of drug-likeness (QED) is 0.638. The van der Waals surface area contributed by atoms with Gasteiger partial charge in [0, 0.05) is 19.8 Å². The molecule has 3 aromatic rings. The molecule has 0 bridgehead atoms. The molecular weight excluding hydrogens is 260 g/mol. The van der Waals surface area contributed by atoms with E-state index < -0.39 is 0 Å². The van der Waals surface area contributed by atoms with Crippen molar-refractivity contribution in [3.8, 4) is 11.1 Å². The van der Waals surface area contributed by atoms with Crippen molar-refractivity contribution in [3.63, 3.8) is 0 Å². The first-order valence-corrected chi connectivity index (χ1v) is 6.98. The van der Waals surface area contributed by atoms with E-state index in [2.05, 4.69) is 54.6 Å². The molecule has 0 radical (unpaired) electrons. The van der Waals surface area contributed by atoms with Gasteiger partial charge < -0.3 is 9.47 Å². The molecule has 0 aromatic heterocycles. The summed E-state index contributed by atoms with van der Waals surface area (Å²) < 4.78 is 10.9. The standard InChI is InChI=1S/C19H18O2/c1-20-19(21-2)18-12-6-5-11-17(18)16-13-7-9-14-8-3-4-10-15(14)16/h3-13,19H,1-2H3. The van der Waals surface area contributed by atoms with Crippen molar-refractivity contribution >= 4 is 10.8 Å². The maximum absolute atomic E-state index is 5.44. The zero-order chi connectivity index (χ0) is 14.7. The van der Waals surface area contributed by atoms with E-state index in [1.165, 1.54) is 16.3 Å². The monoisotopic (exact) mass is 278 g/mol. The first kappa shape index (κ1) is 13.8. The predicted molar refractivity (Wildman–Crippen MR) is 86.1 cm³/mol. The highest BCUT2D eigenvalue weighted by molar-refractivity contribution is 5.97. The number of hydrogen-bond donors (Lipinski definition) is 0. The van der Waals surface area contributed by atoms with E-state index in [9.17, 15) is 0 Å². The molecule has 0 aliphatic carbocycles. The highest BCUT2D eigenvalue weighted by Crippen LogP contribution is 2.34. The van der Waals surface area contributed by atoms with Gasteiger partial charge in [0.15, 0.2) is 6.29 Å². The molecule has 2 nitrogen and oxygen atoms in total. The molecule has 0 unspecified atom stereocenters. The van der Waals surface area contributed by atoms with E-state index in [1.807, 2.05) is 12.1 Å². The number of benzene rings is 3. The van der Waals surface area contributed by atoms with Crippen LogP contribution >= 0.6 is 0 Å². The molecule has 0 saturated carbocycles. The van der Waals surface area contributed by atoms with Gasteiger partial charge in [-0.2, -0.15) is 0 Å². The topological polar surface area (TPSA) is 18.5 Å². The Morgan fingerprint density at radius 1 is 0.667 bits per heavy atom. The molecule has 0 fully saturated rings. The third-order valence-electron chi connectivity index (χ3n) is 3.72. The Morgan fingerprint density at radius 3 is 2.10 bits per heavy atom. The molecule has 3 aromatic carbocycles. The molecule has 0 N–H and O–H groups in total. The van der Waals surface area contributed by atoms with Crippen molar-refractivity contribution < 1.29 is 9.47 Å². The van der Waals surface area contributed by atoms with Crippen LogP contribution in [-0.2, 0) is 9.47 Å². The molecule has 0 spiro atoms. The van der Waals surface area contributed by atoms with Crippen molar-refractivity contribution in [2.24, 2.45) is 0 Å². The summed E-state index contributed by atoms with van der Waals surface area (Å²) in [6.45, 7) is 0. The number of ether oxygens (including phenoxy) is 2. The molecule has 0 aliphatic rings. The fraction of sp³-hybridized carbons (Fsp3) is 0.158. The van der Waals surface area contributed by atoms with E-state index in [4.69, 9.17) is 9.47 Å². The van der Waals surface area contributed by atoms with Crippen molar-refractivity contribution in [2.75, 3.05) is 14.2 Å². The number of rotatable bonds is 4. The molecule has 0 aliphatic heterocycles. The summed E-state index contributed by atoms with van der Waals surface area (Å²) in [5.74, 6) is 0. The molecule has 106 valence electrons. The van der Waals surface area contributed by atoms with Crippen LogP contribution in [0, 0.1) is 0 Å². The predicted octanol–water partition coefficient (Wildman–Crippen LogP) is 4.80. The second-order valence-electron chi connectivity index (χ2n) is 4.92. The first-order valence-electron chi connectivity index (χ1n) is 6.98. The first-order chi connectivity index (χ1) is 10.3. The lowest BCUT2D eigenvalue weighted by molar-refractivity contribution is -0.105. The molecule has 3 rings (SSSR count). The number of methoxy groups -OCH3 is 2. The van der Waals surface area contributed by atoms with Crippen LogP contribution in [0.25, 0.3) is 21.9 Å². The van der Waals surface area contributed by atoms with E-state index in [-0.39, 0.29) is 6.29 Å². The van der Waals surface area contributed by atoms with Gasteiger partial charge in [-0.15, -0.1) is 0 Å². The smallest absolute Gasteiger partial charge is 0.183 e. The Hall–Kier alpha value is -2.16. The number of hydrogen-bond acceptors (Lipinski definition) is 2. The van der Waals surface area contributed by atoms with Gasteiger partial charge in [0.05, 0.1) is 0 Å². The molecule has 0 heterocycles. The average Bonchev–Trinajstić information content (AvgIpc) is 2.56. The normalized spacial score (nSPS) is 11.2. The molecule has 21 heavy (non-hydrogen) atoms. The van der Waals surface area contributed by atoms with Crippen molar-refractivity contribution in [1.82, 2.24) is 0 Å². The van der Waals surface area contributed by atoms with E-state index in [0.717, 1.165) is 11.1 Å². The van der Waals surface area contributed by atoms with Gasteiger partial charge in [-0.1, -0.05) is 66.7 Å². The van der Waals surface area contributed by atoms with Crippen LogP contribution in [0.4, 0.5) is 0 Å². The lowest BCUT2D eigenvalue weighted by atomic mass is 9.94. The SMILES string of the molecule is COC(OC)c1ccccc1-c1cccc2ccccc12. The molecule has 0 saturated heterocycles. The van der Waals surface area contributed by atoms with Crippen LogP contribution in [0.3, 0.4) is 0 Å². The Kier molecular flexibility index (Phi) is 4.00. The molecule has 0 amide bonds. The van der Waals surface area contributed by atoms with E-state index in [0.29, 0.717) is 0 Å². The summed E-state index contributed by atoms with van der Waals surface area (Å²) in [6, 6.07) is 23.0. The van der Waals surface area contributed by atoms with Crippen molar-refractivity contribution in [1.29, 1.82) is 0 Å². The molecule has 2 heteroatoms. The van der Waals surface area contributed by atoms with Gasteiger partial charge in [-0.3, -0.25) is 0 Å². The van der Waals surface area contributed by atoms with Gasteiger partial charge >= 0.3 is 0 Å². The maximum atomic E-state index is 5.44. The summed E-state index contributed by atoms with van der Waals surface area (Å²) in [6.07, 6.45) is -0.361. The third-order valence-corrected chi connectivity index (χ3v) is 3.72. The highest BCUT2D eigenvalue weighted by Gasteiger charge is 2.15. The van der Waals surface area contributed by atoms with Gasteiger partial charge in [-0.05, 0) is 21.9 Å². The van der Waals surface area contributed by atoms with Crippen LogP contribution in [0.1, 0.15) is 11.9 Å². The van der Waals surface area contributed by atoms with Crippen LogP contribution in [0.2, 0.25) is 0 Å². The minimum Gasteiger partial charge on any atom is -0.352 e. The lowest BCUT2D eigenvalue weighted by Crippen LogP contribution is -2.05. The fourth-order valence-electron chi connectivity index (χ4n) is 2.76. The Morgan fingerprint density at radius 2 is 1.29 bits per heavy atom. The van der Waals surface area contributed by atoms with Gasteiger partial charge in [0.25, 0.3) is 0 Å². The minimum absolute atomic E-state index is 0.361. The molecule has 0 atom stereocenters. The second kappa shape index (κ2) is 6.08. The van der Waals surface area contributed by atoms with Gasteiger partial charge in [-0.25, -0.2) is 0 Å². The van der Waals surface area contributed by atoms with Crippen LogP contribution in [-0.4, -0.2) is 14.2 Å². The van der Waals surface area contributed by atoms with E-state index in [1.54, 1.807) is 14.2 Å². The minimum atomic E-state index is -0.361. The van der Waals surface area contributed by atoms with E-state index >= 15 is 0 Å². The lowest BCUT2D eigenvalue weighted by Gasteiger charge is -2.18. The second-order valence-corrected chi connectivity index (χ2v) is 4.92. The fourth-order valence-corrected chi connectivity index (χ4v) is 2.76. The van der Waals surface area contributed by atoms with Crippen LogP contribution in [0.5, 0.6) is 0 Å². The summed E-state index contributed by atoms with van der Waals surface area (Å²) in [5.41, 5.74) is 3.38. The summed E-state index contributed by atoms with van der Waals surface area (Å²) >= 11 is 0. The van der Waals surface area contributed by atoms with Gasteiger partial charge in [0.2, 0.25) is 0 Å². The highest BCUT2D eigenvalue weighted by atomic mass is 16.7. The zero-order valence-corrected chi connectivity index (χ0v) is 12.2. The Bertz CT molecular complexity index is 740. The van der Waals surface area contributed by atoms with Gasteiger partial charge in [0.1, 0.15) is 0 Å². The van der Waals surface area contributed by atoms with Crippen molar-refractivity contribution in [3.05, 3.63) is 72.3 Å². The van der Waals surface area contributed by atoms with Crippen LogP contribution < -0.4 is 0 Å². The average molecular weight is 278 g/mol. The zero-order valence-electron chi connectivity index (χ0n) is 12.2. The summed E-state index contributed by atoms with van der Waals surface area (Å²) in [7, 11) is 3.32. The number of fused-ring (bicyclic) bond motifs is 1. The summed E-state index contributed by atoms with van der Waals surface area (Å²) in [4.78, 5) is 0. The summed E-state index contributed by atoms with van der Waals surface area (Å²) in [5, 5.41) is 2.47.